The number of aromatic nitrogens is 1. The normalized spacial score (nSPS) is 10.4. The molecule has 22 heavy (non-hydrogen) atoms. The van der Waals surface area contributed by atoms with Gasteiger partial charge >= 0.3 is 0 Å². The first-order valence-electron chi connectivity index (χ1n) is 6.70. The van der Waals surface area contributed by atoms with Crippen molar-refractivity contribution in [1.29, 1.82) is 5.26 Å². The van der Waals surface area contributed by atoms with E-state index in [0.29, 0.717) is 24.6 Å². The molecule has 1 aromatic heterocycles. The average molecular weight is 407 g/mol. The van der Waals surface area contributed by atoms with Crippen molar-refractivity contribution in [2.75, 3.05) is 6.54 Å². The molecular formula is C16H18IN5. The summed E-state index contributed by atoms with van der Waals surface area (Å²) in [5.74, 6) is 0.397. The molecule has 0 amide bonds. The Labute approximate surface area is 147 Å². The van der Waals surface area contributed by atoms with Gasteiger partial charge in [0.2, 0.25) is 0 Å². The molecule has 6 heteroatoms. The van der Waals surface area contributed by atoms with Crippen LogP contribution in [-0.2, 0) is 13.0 Å². The van der Waals surface area contributed by atoms with Gasteiger partial charge < -0.3 is 11.1 Å². The van der Waals surface area contributed by atoms with Gasteiger partial charge in [0.05, 0.1) is 18.2 Å². The van der Waals surface area contributed by atoms with Crippen LogP contribution in [0.1, 0.15) is 16.8 Å². The summed E-state index contributed by atoms with van der Waals surface area (Å²) in [5, 5.41) is 11.9. The summed E-state index contributed by atoms with van der Waals surface area (Å²) in [5.41, 5.74) is 8.41. The van der Waals surface area contributed by atoms with Gasteiger partial charge in [0, 0.05) is 24.9 Å². The van der Waals surface area contributed by atoms with E-state index in [1.54, 1.807) is 12.3 Å². The van der Waals surface area contributed by atoms with Crippen molar-refractivity contribution < 1.29 is 0 Å². The third kappa shape index (κ3) is 6.10. The Hall–Kier alpha value is -2.14. The van der Waals surface area contributed by atoms with Crippen LogP contribution in [0.2, 0.25) is 0 Å². The molecule has 0 fully saturated rings. The number of rotatable bonds is 5. The third-order valence-corrected chi connectivity index (χ3v) is 2.90. The second-order valence-electron chi connectivity index (χ2n) is 4.51. The van der Waals surface area contributed by atoms with E-state index in [4.69, 9.17) is 11.0 Å². The molecule has 0 aliphatic carbocycles. The number of hydrogen-bond acceptors (Lipinski definition) is 3. The molecule has 3 N–H and O–H groups in total. The number of pyridine rings is 1. The Balaban J connectivity index is 0.00000242. The fourth-order valence-electron chi connectivity index (χ4n) is 1.84. The molecule has 2 rings (SSSR count). The van der Waals surface area contributed by atoms with Crippen molar-refractivity contribution in [3.05, 3.63) is 65.5 Å². The molecule has 2 aromatic rings. The van der Waals surface area contributed by atoms with Gasteiger partial charge in [0.15, 0.2) is 5.96 Å². The SMILES string of the molecule is I.N#Cc1cccc(CN=C(N)NCCc2ccccn2)c1. The topological polar surface area (TPSA) is 87.1 Å². The molecule has 0 bridgehead atoms. The largest absolute Gasteiger partial charge is 0.370 e. The van der Waals surface area contributed by atoms with Gasteiger partial charge in [-0.15, -0.1) is 24.0 Å². The number of aliphatic imine (C=N–C) groups is 1. The molecule has 0 unspecified atom stereocenters. The lowest BCUT2D eigenvalue weighted by atomic mass is 10.1. The molecule has 0 aliphatic heterocycles. The van der Waals surface area contributed by atoms with Gasteiger partial charge in [-0.25, -0.2) is 4.99 Å². The van der Waals surface area contributed by atoms with Crippen molar-refractivity contribution in [3.63, 3.8) is 0 Å². The van der Waals surface area contributed by atoms with E-state index in [-0.39, 0.29) is 24.0 Å². The Morgan fingerprint density at radius 2 is 2.14 bits per heavy atom. The lowest BCUT2D eigenvalue weighted by Gasteiger charge is -2.05. The fraction of sp³-hybridized carbons (Fsp3) is 0.188. The van der Waals surface area contributed by atoms with Crippen LogP contribution in [-0.4, -0.2) is 17.5 Å². The van der Waals surface area contributed by atoms with Gasteiger partial charge in [-0.2, -0.15) is 5.26 Å². The monoisotopic (exact) mass is 407 g/mol. The number of nitriles is 1. The van der Waals surface area contributed by atoms with Gasteiger partial charge in [-0.3, -0.25) is 4.98 Å². The van der Waals surface area contributed by atoms with Gasteiger partial charge in [0.1, 0.15) is 0 Å². The van der Waals surface area contributed by atoms with Crippen molar-refractivity contribution in [1.82, 2.24) is 10.3 Å². The van der Waals surface area contributed by atoms with Crippen molar-refractivity contribution in [2.24, 2.45) is 10.7 Å². The smallest absolute Gasteiger partial charge is 0.188 e. The zero-order valence-electron chi connectivity index (χ0n) is 12.1. The number of nitrogens with one attached hydrogen (secondary N) is 1. The number of nitrogens with two attached hydrogens (primary N) is 1. The first-order valence-corrected chi connectivity index (χ1v) is 6.70. The average Bonchev–Trinajstić information content (AvgIpc) is 2.54. The molecule has 114 valence electrons. The Kier molecular flexibility index (Phi) is 7.92. The van der Waals surface area contributed by atoms with E-state index >= 15 is 0 Å². The summed E-state index contributed by atoms with van der Waals surface area (Å²) in [4.78, 5) is 8.49. The van der Waals surface area contributed by atoms with Gasteiger partial charge in [-0.05, 0) is 29.8 Å². The van der Waals surface area contributed by atoms with Crippen LogP contribution in [0.3, 0.4) is 0 Å². The van der Waals surface area contributed by atoms with Crippen LogP contribution in [0.5, 0.6) is 0 Å². The Morgan fingerprint density at radius 3 is 2.86 bits per heavy atom. The number of benzene rings is 1. The summed E-state index contributed by atoms with van der Waals surface area (Å²) < 4.78 is 0. The summed E-state index contributed by atoms with van der Waals surface area (Å²) in [6.07, 6.45) is 2.57. The first-order chi connectivity index (χ1) is 10.3. The molecule has 0 spiro atoms. The number of guanidine groups is 1. The molecule has 0 radical (unpaired) electrons. The van der Waals surface area contributed by atoms with E-state index in [1.807, 2.05) is 36.4 Å². The van der Waals surface area contributed by atoms with E-state index in [2.05, 4.69) is 21.4 Å². The molecule has 1 heterocycles. The highest BCUT2D eigenvalue weighted by Crippen LogP contribution is 2.05. The van der Waals surface area contributed by atoms with E-state index < -0.39 is 0 Å². The molecule has 0 atom stereocenters. The molecule has 0 aliphatic rings. The molecule has 5 nitrogen and oxygen atoms in total. The quantitative estimate of drug-likeness (QED) is 0.452. The third-order valence-electron chi connectivity index (χ3n) is 2.90. The zero-order valence-corrected chi connectivity index (χ0v) is 14.4. The van der Waals surface area contributed by atoms with E-state index in [1.165, 1.54) is 0 Å². The van der Waals surface area contributed by atoms with Crippen LogP contribution >= 0.6 is 24.0 Å². The number of hydrogen-bond donors (Lipinski definition) is 2. The van der Waals surface area contributed by atoms with Crippen LogP contribution in [0.15, 0.2) is 53.7 Å². The lowest BCUT2D eigenvalue weighted by Crippen LogP contribution is -2.33. The zero-order chi connectivity index (χ0) is 14.9. The summed E-state index contributed by atoms with van der Waals surface area (Å²) in [6.45, 7) is 1.14. The minimum atomic E-state index is 0. The maximum Gasteiger partial charge on any atom is 0.188 e. The number of nitrogens with zero attached hydrogens (tertiary/aromatic N) is 3. The minimum Gasteiger partial charge on any atom is -0.370 e. The van der Waals surface area contributed by atoms with Crippen molar-refractivity contribution in [2.45, 2.75) is 13.0 Å². The maximum atomic E-state index is 8.84. The second-order valence-corrected chi connectivity index (χ2v) is 4.51. The van der Waals surface area contributed by atoms with Gasteiger partial charge in [0.25, 0.3) is 0 Å². The predicted molar refractivity (Wildman–Crippen MR) is 97.8 cm³/mol. The summed E-state index contributed by atoms with van der Waals surface area (Å²) in [7, 11) is 0. The van der Waals surface area contributed by atoms with Crippen molar-refractivity contribution in [3.8, 4) is 6.07 Å². The molecule has 0 saturated heterocycles. The molecule has 1 aromatic carbocycles. The van der Waals surface area contributed by atoms with E-state index in [9.17, 15) is 0 Å². The minimum absolute atomic E-state index is 0. The predicted octanol–water partition coefficient (Wildman–Crippen LogP) is 2.22. The maximum absolute atomic E-state index is 8.84. The van der Waals surface area contributed by atoms with Gasteiger partial charge in [-0.1, -0.05) is 18.2 Å². The Morgan fingerprint density at radius 1 is 1.27 bits per heavy atom. The molecule has 0 saturated carbocycles. The first kappa shape index (κ1) is 17.9. The van der Waals surface area contributed by atoms with Crippen molar-refractivity contribution >= 4 is 29.9 Å². The molecular weight excluding hydrogens is 389 g/mol. The van der Waals surface area contributed by atoms with Crippen LogP contribution in [0.4, 0.5) is 0 Å². The van der Waals surface area contributed by atoms with E-state index in [0.717, 1.165) is 17.7 Å². The Bertz CT molecular complexity index is 649. The van der Waals surface area contributed by atoms with Crippen LogP contribution < -0.4 is 11.1 Å². The van der Waals surface area contributed by atoms with Crippen LogP contribution in [0, 0.1) is 11.3 Å². The fourth-order valence-corrected chi connectivity index (χ4v) is 1.84. The summed E-state index contributed by atoms with van der Waals surface area (Å²) in [6, 6.07) is 15.3. The van der Waals surface area contributed by atoms with Crippen LogP contribution in [0.25, 0.3) is 0 Å². The highest BCUT2D eigenvalue weighted by atomic mass is 127. The highest BCUT2D eigenvalue weighted by molar-refractivity contribution is 14.0. The number of halogens is 1. The second kappa shape index (κ2) is 9.73. The lowest BCUT2D eigenvalue weighted by molar-refractivity contribution is 0.827. The standard InChI is InChI=1S/C16H17N5.HI/c17-11-13-4-3-5-14(10-13)12-21-16(18)20-9-7-15-6-1-2-8-19-15;/h1-6,8,10H,7,9,12H2,(H3,18,20,21);1H. The highest BCUT2D eigenvalue weighted by Gasteiger charge is 1.97. The summed E-state index contributed by atoms with van der Waals surface area (Å²) >= 11 is 0.